The highest BCUT2D eigenvalue weighted by Crippen LogP contribution is 2.32. The lowest BCUT2D eigenvalue weighted by molar-refractivity contribution is -0.136. The quantitative estimate of drug-likeness (QED) is 0.597. The van der Waals surface area contributed by atoms with Gasteiger partial charge in [-0.1, -0.05) is 6.07 Å². The second-order valence-electron chi connectivity index (χ2n) is 7.67. The maximum atomic E-state index is 13.1. The first-order chi connectivity index (χ1) is 14.5. The molecular weight excluding hydrogens is 388 g/mol. The van der Waals surface area contributed by atoms with Gasteiger partial charge >= 0.3 is 0 Å². The summed E-state index contributed by atoms with van der Waals surface area (Å²) in [6.07, 6.45) is 3.96. The number of carbonyl (C=O) groups excluding carboxylic acids is 4. The molecule has 0 bridgehead atoms. The summed E-state index contributed by atoms with van der Waals surface area (Å²) >= 11 is 0. The summed E-state index contributed by atoms with van der Waals surface area (Å²) in [4.78, 5) is 50.5. The van der Waals surface area contributed by atoms with E-state index in [1.54, 1.807) is 24.4 Å². The number of piperidine rings is 1. The van der Waals surface area contributed by atoms with E-state index >= 15 is 0 Å². The van der Waals surface area contributed by atoms with Gasteiger partial charge in [-0.2, -0.15) is 5.10 Å². The van der Waals surface area contributed by atoms with Crippen molar-refractivity contribution in [2.45, 2.75) is 31.5 Å². The van der Waals surface area contributed by atoms with E-state index in [4.69, 9.17) is 0 Å². The van der Waals surface area contributed by atoms with Crippen LogP contribution in [0, 0.1) is 0 Å². The molecule has 3 aliphatic heterocycles. The maximum Gasteiger partial charge on any atom is 0.264 e. The van der Waals surface area contributed by atoms with Gasteiger partial charge in [0.2, 0.25) is 11.8 Å². The molecule has 3 aliphatic rings. The number of hydrogen-bond donors (Lipinski definition) is 3. The van der Waals surface area contributed by atoms with Crippen LogP contribution in [0.5, 0.6) is 0 Å². The number of carbonyl (C=O) groups is 4. The molecule has 10 nitrogen and oxygen atoms in total. The topological polar surface area (TPSA) is 125 Å². The van der Waals surface area contributed by atoms with Crippen LogP contribution in [0.15, 0.2) is 30.6 Å². The summed E-state index contributed by atoms with van der Waals surface area (Å²) < 4.78 is 1.92. The van der Waals surface area contributed by atoms with Crippen LogP contribution in [0.1, 0.15) is 45.2 Å². The van der Waals surface area contributed by atoms with Gasteiger partial charge in [-0.05, 0) is 18.6 Å². The van der Waals surface area contributed by atoms with Crippen molar-refractivity contribution >= 4 is 29.3 Å². The Hall–Kier alpha value is -3.53. The minimum absolute atomic E-state index is 0.0927. The van der Waals surface area contributed by atoms with Crippen molar-refractivity contribution in [3.63, 3.8) is 0 Å². The molecule has 30 heavy (non-hydrogen) atoms. The molecule has 1 atom stereocenters. The van der Waals surface area contributed by atoms with E-state index in [0.717, 1.165) is 23.6 Å². The van der Waals surface area contributed by atoms with E-state index in [0.29, 0.717) is 18.3 Å². The third-order valence-corrected chi connectivity index (χ3v) is 5.74. The van der Waals surface area contributed by atoms with Crippen molar-refractivity contribution in [3.8, 4) is 0 Å². The Labute approximate surface area is 171 Å². The van der Waals surface area contributed by atoms with Gasteiger partial charge in [-0.3, -0.25) is 34.1 Å². The van der Waals surface area contributed by atoms with Gasteiger partial charge in [-0.25, -0.2) is 0 Å². The Morgan fingerprint density at radius 3 is 2.70 bits per heavy atom. The number of rotatable bonds is 5. The van der Waals surface area contributed by atoms with Crippen LogP contribution in [0.4, 0.5) is 5.69 Å². The molecule has 4 amide bonds. The van der Waals surface area contributed by atoms with Crippen LogP contribution in [-0.2, 0) is 16.1 Å². The fraction of sp³-hybridized carbons (Fsp3) is 0.350. The molecule has 2 fully saturated rings. The average Bonchev–Trinajstić information content (AvgIpc) is 3.23. The Kier molecular flexibility index (Phi) is 4.35. The number of amides is 4. The first kappa shape index (κ1) is 18.5. The second-order valence-corrected chi connectivity index (χ2v) is 7.67. The van der Waals surface area contributed by atoms with E-state index in [9.17, 15) is 19.2 Å². The summed E-state index contributed by atoms with van der Waals surface area (Å²) in [6, 6.07) is 4.40. The Bertz CT molecular complexity index is 1070. The number of nitrogens with one attached hydrogen (secondary N) is 3. The largest absolute Gasteiger partial charge is 0.380 e. The summed E-state index contributed by atoms with van der Waals surface area (Å²) in [6.45, 7) is 2.23. The van der Waals surface area contributed by atoms with Crippen LogP contribution in [0.2, 0.25) is 0 Å². The molecule has 0 saturated carbocycles. The van der Waals surface area contributed by atoms with Crippen molar-refractivity contribution in [1.29, 1.82) is 0 Å². The first-order valence-corrected chi connectivity index (χ1v) is 9.85. The summed E-state index contributed by atoms with van der Waals surface area (Å²) in [7, 11) is 0. The van der Waals surface area contributed by atoms with Crippen molar-refractivity contribution in [2.75, 3.05) is 18.4 Å². The smallest absolute Gasteiger partial charge is 0.264 e. The zero-order chi connectivity index (χ0) is 20.8. The Morgan fingerprint density at radius 2 is 1.97 bits per heavy atom. The molecule has 5 rings (SSSR count). The summed E-state index contributed by atoms with van der Waals surface area (Å²) in [5, 5.41) is 13.0. The van der Waals surface area contributed by atoms with E-state index in [1.807, 2.05) is 10.9 Å². The van der Waals surface area contributed by atoms with Crippen LogP contribution < -0.4 is 16.0 Å². The monoisotopic (exact) mass is 408 g/mol. The van der Waals surface area contributed by atoms with Crippen molar-refractivity contribution < 1.29 is 19.2 Å². The molecule has 10 heteroatoms. The highest BCUT2D eigenvalue weighted by molar-refractivity contribution is 6.25. The maximum absolute atomic E-state index is 13.1. The Morgan fingerprint density at radius 1 is 1.13 bits per heavy atom. The minimum Gasteiger partial charge on any atom is -0.380 e. The van der Waals surface area contributed by atoms with Crippen LogP contribution in [-0.4, -0.2) is 57.4 Å². The molecule has 0 aliphatic carbocycles. The number of benzene rings is 1. The zero-order valence-corrected chi connectivity index (χ0v) is 16.1. The molecule has 0 radical (unpaired) electrons. The minimum atomic E-state index is -0.975. The Balaban J connectivity index is 1.36. The number of nitrogens with zero attached hydrogens (tertiary/aromatic N) is 3. The van der Waals surface area contributed by atoms with Crippen LogP contribution in [0.25, 0.3) is 0 Å². The van der Waals surface area contributed by atoms with Crippen LogP contribution in [0.3, 0.4) is 0 Å². The fourth-order valence-corrected chi connectivity index (χ4v) is 3.99. The van der Waals surface area contributed by atoms with Gasteiger partial charge < -0.3 is 10.6 Å². The number of aromatic nitrogens is 2. The molecule has 0 spiro atoms. The third kappa shape index (κ3) is 2.96. The van der Waals surface area contributed by atoms with E-state index < -0.39 is 29.7 Å². The van der Waals surface area contributed by atoms with Crippen molar-refractivity contribution in [3.05, 3.63) is 47.3 Å². The number of fused-ring (bicyclic) bond motifs is 1. The molecule has 2 saturated heterocycles. The summed E-state index contributed by atoms with van der Waals surface area (Å²) in [5.74, 6) is -2.05. The number of anilines is 1. The molecule has 3 N–H and O–H groups in total. The SMILES string of the molecule is O=C1CCC(N2C(=O)c3cccc(NCc4cnn(C5CNC5)c4)c3C2=O)C(=O)N1. The van der Waals surface area contributed by atoms with E-state index in [2.05, 4.69) is 21.0 Å². The lowest BCUT2D eigenvalue weighted by atomic mass is 10.0. The molecule has 2 aromatic rings. The molecule has 1 unspecified atom stereocenters. The van der Waals surface area contributed by atoms with Crippen molar-refractivity contribution in [2.24, 2.45) is 0 Å². The second kappa shape index (κ2) is 7.06. The van der Waals surface area contributed by atoms with E-state index in [1.165, 1.54) is 0 Å². The predicted octanol–water partition coefficient (Wildman–Crippen LogP) is 0.0407. The summed E-state index contributed by atoms with van der Waals surface area (Å²) in [5.41, 5.74) is 1.99. The molecule has 4 heterocycles. The lowest BCUT2D eigenvalue weighted by Gasteiger charge is -2.27. The van der Waals surface area contributed by atoms with Gasteiger partial charge in [0.15, 0.2) is 0 Å². The number of imide groups is 2. The van der Waals surface area contributed by atoms with Gasteiger partial charge in [0, 0.05) is 43.5 Å². The highest BCUT2D eigenvalue weighted by atomic mass is 16.2. The zero-order valence-electron chi connectivity index (χ0n) is 16.1. The van der Waals surface area contributed by atoms with Crippen molar-refractivity contribution in [1.82, 2.24) is 25.3 Å². The van der Waals surface area contributed by atoms with Gasteiger partial charge in [0.25, 0.3) is 11.8 Å². The molecule has 1 aromatic heterocycles. The molecule has 1 aromatic carbocycles. The standard InChI is InChI=1S/C20H20N6O4/c27-16-5-4-15(18(28)24-16)26-19(29)13-2-1-3-14(17(13)20(26)30)22-6-11-7-23-25(10-11)12-8-21-9-12/h1-3,7,10,12,15,21-22H,4-6,8-9H2,(H,24,27,28). The molecule has 154 valence electrons. The predicted molar refractivity (Wildman–Crippen MR) is 105 cm³/mol. The average molecular weight is 408 g/mol. The van der Waals surface area contributed by atoms with Gasteiger partial charge in [0.1, 0.15) is 6.04 Å². The third-order valence-electron chi connectivity index (χ3n) is 5.74. The highest BCUT2D eigenvalue weighted by Gasteiger charge is 2.45. The fourth-order valence-electron chi connectivity index (χ4n) is 3.99. The van der Waals surface area contributed by atoms with Gasteiger partial charge in [0.05, 0.1) is 23.4 Å². The lowest BCUT2D eigenvalue weighted by Crippen LogP contribution is -2.54. The van der Waals surface area contributed by atoms with Gasteiger partial charge in [-0.15, -0.1) is 0 Å². The number of hydrogen-bond acceptors (Lipinski definition) is 7. The van der Waals surface area contributed by atoms with E-state index in [-0.39, 0.29) is 24.0 Å². The van der Waals surface area contributed by atoms with Crippen LogP contribution >= 0.6 is 0 Å². The molecular formula is C20H20N6O4. The normalized spacial score (nSPS) is 21.5. The first-order valence-electron chi connectivity index (χ1n) is 9.85.